The van der Waals surface area contributed by atoms with Gasteiger partial charge >= 0.3 is 0 Å². The highest BCUT2D eigenvalue weighted by atomic mass is 19.3. The van der Waals surface area contributed by atoms with Crippen molar-refractivity contribution in [2.75, 3.05) is 5.43 Å². The molecule has 0 aromatic carbocycles. The highest BCUT2D eigenvalue weighted by Crippen LogP contribution is 2.21. The summed E-state index contributed by atoms with van der Waals surface area (Å²) < 4.78 is 26.7. The third kappa shape index (κ3) is 2.76. The number of nitrogens with one attached hydrogen (secondary N) is 1. The normalized spacial score (nSPS) is 11.0. The fourth-order valence-corrected chi connectivity index (χ4v) is 2.15. The molecular formula is C14H11F2N5O. The molecule has 0 spiro atoms. The molecule has 3 rings (SSSR count). The van der Waals surface area contributed by atoms with Gasteiger partial charge in [0.25, 0.3) is 5.91 Å². The monoisotopic (exact) mass is 303 g/mol. The first kappa shape index (κ1) is 14.1. The minimum atomic E-state index is -2.47. The molecule has 0 unspecified atom stereocenters. The van der Waals surface area contributed by atoms with E-state index < -0.39 is 18.8 Å². The van der Waals surface area contributed by atoms with Crippen molar-refractivity contribution in [2.45, 2.75) is 12.8 Å². The van der Waals surface area contributed by atoms with Crippen LogP contribution in [0.2, 0.25) is 0 Å². The van der Waals surface area contributed by atoms with Crippen LogP contribution in [-0.4, -0.2) is 32.0 Å². The number of amides is 1. The Kier molecular flexibility index (Phi) is 3.73. The van der Waals surface area contributed by atoms with Crippen LogP contribution in [-0.2, 0) is 6.42 Å². The molecule has 1 N–H and O–H groups in total. The van der Waals surface area contributed by atoms with Crippen molar-refractivity contribution >= 4 is 16.8 Å². The van der Waals surface area contributed by atoms with Gasteiger partial charge in [0.2, 0.25) is 6.43 Å². The van der Waals surface area contributed by atoms with E-state index in [1.165, 1.54) is 42.0 Å². The van der Waals surface area contributed by atoms with E-state index in [0.29, 0.717) is 16.5 Å². The van der Waals surface area contributed by atoms with Crippen LogP contribution in [0, 0.1) is 0 Å². The van der Waals surface area contributed by atoms with Crippen LogP contribution < -0.4 is 5.43 Å². The number of carbonyl (C=O) groups is 1. The van der Waals surface area contributed by atoms with Crippen LogP contribution in [0.15, 0.2) is 43.4 Å². The Labute approximate surface area is 123 Å². The maximum atomic E-state index is 12.7. The van der Waals surface area contributed by atoms with E-state index in [2.05, 4.69) is 20.4 Å². The van der Waals surface area contributed by atoms with Crippen molar-refractivity contribution in [3.8, 4) is 0 Å². The van der Waals surface area contributed by atoms with E-state index in [4.69, 9.17) is 0 Å². The van der Waals surface area contributed by atoms with Crippen molar-refractivity contribution in [2.24, 2.45) is 0 Å². The Morgan fingerprint density at radius 1 is 1.23 bits per heavy atom. The van der Waals surface area contributed by atoms with Gasteiger partial charge in [-0.15, -0.1) is 0 Å². The fourth-order valence-electron chi connectivity index (χ4n) is 2.15. The molecule has 0 bridgehead atoms. The summed E-state index contributed by atoms with van der Waals surface area (Å²) in [6, 6.07) is 1.64. The Morgan fingerprint density at radius 2 is 2.00 bits per heavy atom. The van der Waals surface area contributed by atoms with Gasteiger partial charge in [0.1, 0.15) is 6.33 Å². The standard InChI is InChI=1S/C14H11F2N5O/c15-13(16)3-9-7-21(12-1-2-17-6-11(9)12)20-14(22)10-4-18-8-19-5-10/h1-2,4-8,13H,3H2,(H,20,22). The lowest BCUT2D eigenvalue weighted by Crippen LogP contribution is -2.22. The van der Waals surface area contributed by atoms with Gasteiger partial charge in [-0.05, 0) is 11.6 Å². The second-order valence-electron chi connectivity index (χ2n) is 4.58. The molecule has 0 saturated carbocycles. The summed E-state index contributed by atoms with van der Waals surface area (Å²) in [7, 11) is 0. The van der Waals surface area contributed by atoms with E-state index in [1.807, 2.05) is 0 Å². The third-order valence-corrected chi connectivity index (χ3v) is 3.11. The molecule has 3 aromatic heterocycles. The summed E-state index contributed by atoms with van der Waals surface area (Å²) >= 11 is 0. The smallest absolute Gasteiger partial charge is 0.267 e. The first-order valence-corrected chi connectivity index (χ1v) is 6.43. The molecule has 0 aliphatic heterocycles. The topological polar surface area (TPSA) is 72.7 Å². The van der Waals surface area contributed by atoms with Crippen LogP contribution in [0.1, 0.15) is 15.9 Å². The summed E-state index contributed by atoms with van der Waals surface area (Å²) in [4.78, 5) is 23.6. The largest absolute Gasteiger partial charge is 0.273 e. The molecule has 8 heteroatoms. The lowest BCUT2D eigenvalue weighted by molar-refractivity contribution is 0.101. The van der Waals surface area contributed by atoms with Gasteiger partial charge in [-0.25, -0.2) is 18.7 Å². The molecule has 112 valence electrons. The number of halogens is 2. The number of nitrogens with zero attached hydrogens (tertiary/aromatic N) is 4. The van der Waals surface area contributed by atoms with Crippen LogP contribution in [0.3, 0.4) is 0 Å². The molecule has 0 radical (unpaired) electrons. The maximum absolute atomic E-state index is 12.7. The minimum absolute atomic E-state index is 0.272. The third-order valence-electron chi connectivity index (χ3n) is 3.11. The summed E-state index contributed by atoms with van der Waals surface area (Å²) in [6.45, 7) is 0. The van der Waals surface area contributed by atoms with Gasteiger partial charge in [-0.2, -0.15) is 0 Å². The molecule has 0 aliphatic rings. The molecule has 0 atom stereocenters. The highest BCUT2D eigenvalue weighted by molar-refractivity contribution is 6.00. The highest BCUT2D eigenvalue weighted by Gasteiger charge is 2.15. The molecular weight excluding hydrogens is 292 g/mol. The lowest BCUT2D eigenvalue weighted by Gasteiger charge is -2.07. The van der Waals surface area contributed by atoms with Crippen LogP contribution in [0.4, 0.5) is 8.78 Å². The van der Waals surface area contributed by atoms with Gasteiger partial charge in [-0.3, -0.25) is 19.9 Å². The summed E-state index contributed by atoms with van der Waals surface area (Å²) in [5, 5.41) is 0.576. The predicted octanol–water partition coefficient (Wildman–Crippen LogP) is 2.02. The Balaban J connectivity index is 1.95. The minimum Gasteiger partial charge on any atom is -0.267 e. The van der Waals surface area contributed by atoms with Crippen molar-refractivity contribution < 1.29 is 13.6 Å². The first-order chi connectivity index (χ1) is 10.6. The number of hydrogen-bond donors (Lipinski definition) is 1. The second-order valence-corrected chi connectivity index (χ2v) is 4.58. The molecule has 0 fully saturated rings. The van der Waals surface area contributed by atoms with Gasteiger partial charge in [0, 0.05) is 42.8 Å². The van der Waals surface area contributed by atoms with Crippen LogP contribution >= 0.6 is 0 Å². The van der Waals surface area contributed by atoms with Crippen LogP contribution in [0.25, 0.3) is 10.9 Å². The van der Waals surface area contributed by atoms with Gasteiger partial charge in [0.15, 0.2) is 0 Å². The molecule has 3 heterocycles. The van der Waals surface area contributed by atoms with E-state index in [1.54, 1.807) is 6.07 Å². The van der Waals surface area contributed by atoms with Gasteiger partial charge < -0.3 is 0 Å². The number of fused-ring (bicyclic) bond motifs is 1. The number of hydrogen-bond acceptors (Lipinski definition) is 4. The summed E-state index contributed by atoms with van der Waals surface area (Å²) in [6.07, 6.45) is 5.68. The number of rotatable bonds is 4. The number of alkyl halides is 2. The van der Waals surface area contributed by atoms with Crippen molar-refractivity contribution in [1.29, 1.82) is 0 Å². The van der Waals surface area contributed by atoms with E-state index in [-0.39, 0.29) is 5.56 Å². The van der Waals surface area contributed by atoms with E-state index >= 15 is 0 Å². The quantitative estimate of drug-likeness (QED) is 0.800. The number of pyridine rings is 1. The SMILES string of the molecule is O=C(Nn1cc(CC(F)F)c2cnccc21)c1cncnc1. The molecule has 1 amide bonds. The summed E-state index contributed by atoms with van der Waals surface area (Å²) in [5.74, 6) is -0.432. The Morgan fingerprint density at radius 3 is 2.73 bits per heavy atom. The second kappa shape index (κ2) is 5.84. The molecule has 6 nitrogen and oxygen atoms in total. The van der Waals surface area contributed by atoms with E-state index in [0.717, 1.165) is 0 Å². The number of aromatic nitrogens is 4. The fraction of sp³-hybridized carbons (Fsp3) is 0.143. The van der Waals surface area contributed by atoms with Crippen molar-refractivity contribution in [3.63, 3.8) is 0 Å². The van der Waals surface area contributed by atoms with E-state index in [9.17, 15) is 13.6 Å². The predicted molar refractivity (Wildman–Crippen MR) is 75.2 cm³/mol. The van der Waals surface area contributed by atoms with Gasteiger partial charge in [0.05, 0.1) is 11.1 Å². The lowest BCUT2D eigenvalue weighted by atomic mass is 10.2. The summed E-state index contributed by atoms with van der Waals surface area (Å²) in [5.41, 5.74) is 3.90. The average Bonchev–Trinajstić information content (AvgIpc) is 2.86. The molecule has 0 saturated heterocycles. The van der Waals surface area contributed by atoms with Crippen LogP contribution in [0.5, 0.6) is 0 Å². The molecule has 22 heavy (non-hydrogen) atoms. The first-order valence-electron chi connectivity index (χ1n) is 6.43. The van der Waals surface area contributed by atoms with Gasteiger partial charge in [-0.1, -0.05) is 0 Å². The zero-order valence-electron chi connectivity index (χ0n) is 11.3. The average molecular weight is 303 g/mol. The van der Waals surface area contributed by atoms with Crippen molar-refractivity contribution in [3.05, 3.63) is 54.5 Å². The number of carbonyl (C=O) groups excluding carboxylic acids is 1. The maximum Gasteiger partial charge on any atom is 0.273 e. The van der Waals surface area contributed by atoms with Crippen molar-refractivity contribution in [1.82, 2.24) is 19.6 Å². The molecule has 3 aromatic rings. The Bertz CT molecular complexity index is 803. The zero-order chi connectivity index (χ0) is 15.5. The molecule has 0 aliphatic carbocycles. The Hall–Kier alpha value is -2.90. The zero-order valence-corrected chi connectivity index (χ0v) is 11.3.